The molecular formula is C22H19N3O4S. The molecule has 152 valence electrons. The van der Waals surface area contributed by atoms with Crippen LogP contribution in [0, 0.1) is 11.8 Å². The average molecular weight is 421 g/mol. The zero-order valence-corrected chi connectivity index (χ0v) is 16.9. The molecule has 0 aromatic heterocycles. The van der Waals surface area contributed by atoms with Gasteiger partial charge < -0.3 is 10.6 Å². The van der Waals surface area contributed by atoms with E-state index in [0.717, 1.165) is 4.90 Å². The highest BCUT2D eigenvalue weighted by Crippen LogP contribution is 2.65. The fraction of sp³-hybridized carbons (Fsp3) is 0.273. The maximum Gasteiger partial charge on any atom is 0.241 e. The quantitative estimate of drug-likeness (QED) is 0.738. The number of nitrogens with one attached hydrogen (secondary N) is 2. The molecule has 8 heteroatoms. The van der Waals surface area contributed by atoms with Gasteiger partial charge in [0.25, 0.3) is 0 Å². The summed E-state index contributed by atoms with van der Waals surface area (Å²) < 4.78 is -1.31. The molecule has 4 atom stereocenters. The SMILES string of the molecule is C[C@@]12NC(=O)[C@@](CC(=O)Nc3ccccc3)(S1)[C@@H]1C(=O)N(c3ccccc3)C(=O)[C@@H]12. The van der Waals surface area contributed by atoms with E-state index in [1.165, 1.54) is 11.8 Å². The van der Waals surface area contributed by atoms with Gasteiger partial charge in [-0.1, -0.05) is 36.4 Å². The number of carbonyl (C=O) groups excluding carboxylic acids is 4. The molecule has 0 spiro atoms. The van der Waals surface area contributed by atoms with E-state index in [0.29, 0.717) is 11.4 Å². The Morgan fingerprint density at radius 1 is 1.00 bits per heavy atom. The van der Waals surface area contributed by atoms with Crippen molar-refractivity contribution >= 4 is 46.8 Å². The van der Waals surface area contributed by atoms with Gasteiger partial charge in [-0.25, -0.2) is 4.90 Å². The number of rotatable bonds is 4. The van der Waals surface area contributed by atoms with Crippen molar-refractivity contribution in [2.45, 2.75) is 23.0 Å². The minimum atomic E-state index is -1.31. The number of benzene rings is 2. The third-order valence-electron chi connectivity index (χ3n) is 6.04. The van der Waals surface area contributed by atoms with Gasteiger partial charge in [0.1, 0.15) is 4.75 Å². The van der Waals surface area contributed by atoms with Crippen molar-refractivity contribution in [3.8, 4) is 0 Å². The minimum absolute atomic E-state index is 0.184. The van der Waals surface area contributed by atoms with E-state index in [9.17, 15) is 19.2 Å². The number of hydrogen-bond donors (Lipinski definition) is 2. The third kappa shape index (κ3) is 2.53. The molecule has 7 nitrogen and oxygen atoms in total. The number of para-hydroxylation sites is 2. The lowest BCUT2D eigenvalue weighted by Crippen LogP contribution is -2.57. The summed E-state index contributed by atoms with van der Waals surface area (Å²) >= 11 is 1.24. The van der Waals surface area contributed by atoms with Crippen molar-refractivity contribution in [2.24, 2.45) is 11.8 Å². The maximum absolute atomic E-state index is 13.4. The standard InChI is InChI=1S/C22H19N3O4S/c1-21-16-17(19(28)25(18(16)27)14-10-6-3-7-11-14)22(30-21,20(29)24-21)12-15(26)23-13-8-4-2-5-9-13/h2-11,16-17H,12H2,1H3,(H,23,26)(H,24,29)/t16-,17+,21-,22+/m1/s1. The second-order valence-corrected chi connectivity index (χ2v) is 9.73. The molecule has 3 aliphatic heterocycles. The number of hydrogen-bond acceptors (Lipinski definition) is 5. The van der Waals surface area contributed by atoms with Crippen LogP contribution < -0.4 is 15.5 Å². The average Bonchev–Trinajstić information content (AvgIpc) is 3.24. The van der Waals surface area contributed by atoms with Crippen molar-refractivity contribution < 1.29 is 19.2 Å². The number of anilines is 2. The fourth-order valence-corrected chi connectivity index (χ4v) is 6.82. The lowest BCUT2D eigenvalue weighted by molar-refractivity contribution is -0.136. The van der Waals surface area contributed by atoms with Gasteiger partial charge >= 0.3 is 0 Å². The lowest BCUT2D eigenvalue weighted by atomic mass is 9.74. The Kier molecular flexibility index (Phi) is 4.05. The lowest BCUT2D eigenvalue weighted by Gasteiger charge is -2.32. The predicted octanol–water partition coefficient (Wildman–Crippen LogP) is 2.15. The molecule has 3 aliphatic rings. The Labute approximate surface area is 177 Å². The van der Waals surface area contributed by atoms with E-state index in [2.05, 4.69) is 10.6 Å². The molecule has 0 saturated carbocycles. The van der Waals surface area contributed by atoms with Gasteiger partial charge in [-0.05, 0) is 31.2 Å². The summed E-state index contributed by atoms with van der Waals surface area (Å²) in [5, 5.41) is 5.66. The number of fused-ring (bicyclic) bond motifs is 5. The topological polar surface area (TPSA) is 95.6 Å². The zero-order chi connectivity index (χ0) is 21.1. The Morgan fingerprint density at radius 2 is 1.60 bits per heavy atom. The maximum atomic E-state index is 13.4. The molecule has 2 aromatic carbocycles. The van der Waals surface area contributed by atoms with Gasteiger partial charge in [0, 0.05) is 5.69 Å². The molecule has 4 amide bonds. The molecule has 3 heterocycles. The first kappa shape index (κ1) is 18.9. The molecule has 0 radical (unpaired) electrons. The van der Waals surface area contributed by atoms with Crippen LogP contribution >= 0.6 is 11.8 Å². The summed E-state index contributed by atoms with van der Waals surface area (Å²) in [5.41, 5.74) is 1.09. The molecular weight excluding hydrogens is 402 g/mol. The van der Waals surface area contributed by atoms with Gasteiger partial charge in [-0.15, -0.1) is 11.8 Å². The molecule has 3 fully saturated rings. The molecule has 5 rings (SSSR count). The molecule has 3 saturated heterocycles. The van der Waals surface area contributed by atoms with Crippen LogP contribution in [0.25, 0.3) is 0 Å². The molecule has 2 aromatic rings. The number of carbonyl (C=O) groups is 4. The first-order valence-corrected chi connectivity index (χ1v) is 10.5. The van der Waals surface area contributed by atoms with Crippen LogP contribution in [0.3, 0.4) is 0 Å². The van der Waals surface area contributed by atoms with Crippen molar-refractivity contribution in [2.75, 3.05) is 10.2 Å². The number of imide groups is 1. The summed E-state index contributed by atoms with van der Waals surface area (Å²) in [5.74, 6) is -3.08. The van der Waals surface area contributed by atoms with Crippen LogP contribution in [0.1, 0.15) is 13.3 Å². The Morgan fingerprint density at radius 3 is 2.27 bits per heavy atom. The highest BCUT2D eigenvalue weighted by atomic mass is 32.2. The van der Waals surface area contributed by atoms with Crippen LogP contribution in [0.2, 0.25) is 0 Å². The number of piperidine rings is 1. The Bertz CT molecular complexity index is 1080. The highest BCUT2D eigenvalue weighted by molar-refractivity contribution is 8.03. The number of thioether (sulfide) groups is 1. The van der Waals surface area contributed by atoms with E-state index >= 15 is 0 Å². The highest BCUT2D eigenvalue weighted by Gasteiger charge is 2.77. The van der Waals surface area contributed by atoms with Crippen LogP contribution in [0.5, 0.6) is 0 Å². The van der Waals surface area contributed by atoms with Gasteiger partial charge in [0.2, 0.25) is 23.6 Å². The van der Waals surface area contributed by atoms with Crippen LogP contribution in [0.4, 0.5) is 11.4 Å². The van der Waals surface area contributed by atoms with Crippen molar-refractivity contribution in [1.29, 1.82) is 0 Å². The smallest absolute Gasteiger partial charge is 0.241 e. The monoisotopic (exact) mass is 421 g/mol. The van der Waals surface area contributed by atoms with Gasteiger partial charge in [0.15, 0.2) is 0 Å². The van der Waals surface area contributed by atoms with Gasteiger partial charge in [-0.3, -0.25) is 19.2 Å². The Hall–Kier alpha value is -3.13. The van der Waals surface area contributed by atoms with Crippen molar-refractivity contribution in [1.82, 2.24) is 5.32 Å². The largest absolute Gasteiger partial charge is 0.340 e. The number of nitrogens with zero attached hydrogens (tertiary/aromatic N) is 1. The van der Waals surface area contributed by atoms with Crippen LogP contribution in [-0.4, -0.2) is 33.2 Å². The second-order valence-electron chi connectivity index (χ2n) is 7.95. The molecule has 0 aliphatic carbocycles. The molecule has 2 N–H and O–H groups in total. The van der Waals surface area contributed by atoms with Crippen LogP contribution in [0.15, 0.2) is 60.7 Å². The summed E-state index contributed by atoms with van der Waals surface area (Å²) in [7, 11) is 0. The van der Waals surface area contributed by atoms with Crippen molar-refractivity contribution in [3.63, 3.8) is 0 Å². The third-order valence-corrected chi connectivity index (χ3v) is 7.77. The zero-order valence-electron chi connectivity index (χ0n) is 16.1. The first-order chi connectivity index (χ1) is 14.4. The van der Waals surface area contributed by atoms with E-state index in [4.69, 9.17) is 0 Å². The van der Waals surface area contributed by atoms with E-state index in [1.807, 2.05) is 6.07 Å². The number of amides is 4. The van der Waals surface area contributed by atoms with E-state index in [-0.39, 0.29) is 24.1 Å². The normalized spacial score (nSPS) is 31.6. The summed E-state index contributed by atoms with van der Waals surface area (Å²) in [6.45, 7) is 1.76. The second kappa shape index (κ2) is 6.43. The summed E-state index contributed by atoms with van der Waals surface area (Å²) in [4.78, 5) is 52.7. The van der Waals surface area contributed by atoms with Gasteiger partial charge in [0.05, 0.1) is 28.8 Å². The predicted molar refractivity (Wildman–Crippen MR) is 112 cm³/mol. The molecule has 2 bridgehead atoms. The van der Waals surface area contributed by atoms with Gasteiger partial charge in [-0.2, -0.15) is 0 Å². The van der Waals surface area contributed by atoms with E-state index in [1.54, 1.807) is 61.5 Å². The summed E-state index contributed by atoms with van der Waals surface area (Å²) in [6, 6.07) is 17.6. The fourth-order valence-electron chi connectivity index (χ4n) is 4.84. The van der Waals surface area contributed by atoms with Crippen molar-refractivity contribution in [3.05, 3.63) is 60.7 Å². The summed E-state index contributed by atoms with van der Waals surface area (Å²) in [6.07, 6.45) is -0.184. The first-order valence-electron chi connectivity index (χ1n) is 9.66. The molecule has 0 unspecified atom stereocenters. The Balaban J connectivity index is 1.50. The molecule has 30 heavy (non-hydrogen) atoms. The van der Waals surface area contributed by atoms with Crippen LogP contribution in [-0.2, 0) is 19.2 Å². The minimum Gasteiger partial charge on any atom is -0.340 e. The van der Waals surface area contributed by atoms with E-state index < -0.39 is 27.4 Å².